The number of furan rings is 1. The molecule has 4 aromatic rings. The highest BCUT2D eigenvalue weighted by Crippen LogP contribution is 2.24. The second kappa shape index (κ2) is 7.65. The summed E-state index contributed by atoms with van der Waals surface area (Å²) >= 11 is 0. The maximum Gasteiger partial charge on any atom is 0.225 e. The Morgan fingerprint density at radius 2 is 2.03 bits per heavy atom. The molecule has 0 atom stereocenters. The summed E-state index contributed by atoms with van der Waals surface area (Å²) in [7, 11) is 0. The van der Waals surface area contributed by atoms with Gasteiger partial charge < -0.3 is 14.8 Å². The van der Waals surface area contributed by atoms with Gasteiger partial charge in [0.15, 0.2) is 11.4 Å². The Kier molecular flexibility index (Phi) is 4.71. The zero-order valence-electron chi connectivity index (χ0n) is 16.0. The summed E-state index contributed by atoms with van der Waals surface area (Å²) in [5.41, 5.74) is 4.55. The van der Waals surface area contributed by atoms with Gasteiger partial charge in [-0.3, -0.25) is 4.90 Å². The fraction of sp³-hybridized carbons (Fsp3) is 0.286. The van der Waals surface area contributed by atoms with Gasteiger partial charge in [-0.05, 0) is 29.7 Å². The summed E-state index contributed by atoms with van der Waals surface area (Å²) in [6.07, 6.45) is 4.49. The highest BCUT2D eigenvalue weighted by Gasteiger charge is 2.20. The zero-order valence-corrected chi connectivity index (χ0v) is 16.0. The molecule has 8 nitrogen and oxygen atoms in total. The summed E-state index contributed by atoms with van der Waals surface area (Å²) in [6.45, 7) is 3.04. The number of aliphatic hydroxyl groups is 1. The molecule has 0 amide bonds. The summed E-state index contributed by atoms with van der Waals surface area (Å²) in [6, 6.07) is 12.3. The van der Waals surface area contributed by atoms with E-state index in [1.807, 2.05) is 18.3 Å². The van der Waals surface area contributed by atoms with Gasteiger partial charge in [-0.2, -0.15) is 4.52 Å². The fourth-order valence-electron chi connectivity index (χ4n) is 3.76. The molecule has 0 bridgehead atoms. The SMILES string of the molecule is OCCNc1ncc(CN2CCc3ccccc3C2)c2nc(-c3ccco3)nn12. The van der Waals surface area contributed by atoms with E-state index >= 15 is 0 Å². The molecule has 0 radical (unpaired) electrons. The molecule has 0 saturated heterocycles. The van der Waals surface area contributed by atoms with Gasteiger partial charge >= 0.3 is 0 Å². The Morgan fingerprint density at radius 3 is 2.86 bits per heavy atom. The van der Waals surface area contributed by atoms with Crippen LogP contribution >= 0.6 is 0 Å². The number of aromatic nitrogens is 4. The van der Waals surface area contributed by atoms with Crippen molar-refractivity contribution < 1.29 is 9.52 Å². The van der Waals surface area contributed by atoms with Crippen LogP contribution in [-0.4, -0.2) is 49.3 Å². The van der Waals surface area contributed by atoms with Crippen LogP contribution in [-0.2, 0) is 19.5 Å². The van der Waals surface area contributed by atoms with Gasteiger partial charge in [0.25, 0.3) is 0 Å². The number of nitrogens with one attached hydrogen (secondary N) is 1. The van der Waals surface area contributed by atoms with Crippen LogP contribution in [0.1, 0.15) is 16.7 Å². The Bertz CT molecular complexity index is 1120. The van der Waals surface area contributed by atoms with Crippen molar-refractivity contribution in [2.45, 2.75) is 19.5 Å². The van der Waals surface area contributed by atoms with Crippen molar-refractivity contribution in [2.24, 2.45) is 0 Å². The number of hydrogen-bond acceptors (Lipinski definition) is 7. The first-order chi connectivity index (χ1) is 14.3. The summed E-state index contributed by atoms with van der Waals surface area (Å²) in [5.74, 6) is 1.67. The van der Waals surface area contributed by atoms with Crippen molar-refractivity contribution in [1.29, 1.82) is 0 Å². The number of aliphatic hydroxyl groups excluding tert-OH is 1. The largest absolute Gasteiger partial charge is 0.461 e. The smallest absolute Gasteiger partial charge is 0.225 e. The number of anilines is 1. The number of benzene rings is 1. The minimum Gasteiger partial charge on any atom is -0.461 e. The Hall–Kier alpha value is -3.23. The molecular formula is C21H22N6O2. The molecule has 0 fully saturated rings. The third kappa shape index (κ3) is 3.48. The van der Waals surface area contributed by atoms with E-state index in [-0.39, 0.29) is 6.61 Å². The first-order valence-electron chi connectivity index (χ1n) is 9.74. The lowest BCUT2D eigenvalue weighted by atomic mass is 10.00. The second-order valence-electron chi connectivity index (χ2n) is 7.13. The molecule has 0 aliphatic carbocycles. The van der Waals surface area contributed by atoms with Gasteiger partial charge in [-0.25, -0.2) is 9.97 Å². The Labute approximate surface area is 167 Å². The molecular weight excluding hydrogens is 368 g/mol. The summed E-state index contributed by atoms with van der Waals surface area (Å²) < 4.78 is 7.16. The first kappa shape index (κ1) is 17.8. The van der Waals surface area contributed by atoms with E-state index < -0.39 is 0 Å². The Morgan fingerprint density at radius 1 is 1.14 bits per heavy atom. The maximum absolute atomic E-state index is 9.15. The highest BCUT2D eigenvalue weighted by molar-refractivity contribution is 5.58. The van der Waals surface area contributed by atoms with Gasteiger partial charge in [-0.1, -0.05) is 24.3 Å². The number of hydrogen-bond donors (Lipinski definition) is 2. The quantitative estimate of drug-likeness (QED) is 0.522. The zero-order chi connectivity index (χ0) is 19.6. The molecule has 1 aromatic carbocycles. The van der Waals surface area contributed by atoms with E-state index in [2.05, 4.69) is 44.6 Å². The lowest BCUT2D eigenvalue weighted by Crippen LogP contribution is -2.30. The van der Waals surface area contributed by atoms with Gasteiger partial charge in [0.05, 0.1) is 12.9 Å². The predicted molar refractivity (Wildman–Crippen MR) is 108 cm³/mol. The first-order valence-corrected chi connectivity index (χ1v) is 9.74. The Balaban J connectivity index is 1.49. The monoisotopic (exact) mass is 390 g/mol. The standard InChI is InChI=1S/C21H22N6O2/c28-10-8-22-21-23-12-17(14-26-9-7-15-4-1-2-5-16(15)13-26)20-24-19(25-27(20)21)18-6-3-11-29-18/h1-6,11-12,28H,7-10,13-14H2,(H,22,23). The van der Waals surface area contributed by atoms with Crippen LogP contribution < -0.4 is 5.32 Å². The van der Waals surface area contributed by atoms with Crippen LogP contribution in [0.2, 0.25) is 0 Å². The van der Waals surface area contributed by atoms with Crippen LogP contribution in [0.5, 0.6) is 0 Å². The fourth-order valence-corrected chi connectivity index (χ4v) is 3.76. The van der Waals surface area contributed by atoms with Crippen molar-refractivity contribution in [1.82, 2.24) is 24.5 Å². The van der Waals surface area contributed by atoms with E-state index in [0.29, 0.717) is 24.1 Å². The molecule has 3 aromatic heterocycles. The summed E-state index contributed by atoms with van der Waals surface area (Å²) in [4.78, 5) is 11.7. The molecule has 8 heteroatoms. The van der Waals surface area contributed by atoms with E-state index in [0.717, 1.165) is 37.3 Å². The molecule has 5 rings (SSSR count). The minimum absolute atomic E-state index is 0.0118. The topological polar surface area (TPSA) is 91.7 Å². The van der Waals surface area contributed by atoms with Crippen LogP contribution in [0.4, 0.5) is 5.95 Å². The second-order valence-corrected chi connectivity index (χ2v) is 7.13. The molecule has 1 aliphatic rings. The third-order valence-corrected chi connectivity index (χ3v) is 5.18. The minimum atomic E-state index is 0.0118. The lowest BCUT2D eigenvalue weighted by Gasteiger charge is -2.28. The van der Waals surface area contributed by atoms with Crippen LogP contribution in [0.15, 0.2) is 53.3 Å². The normalized spacial score (nSPS) is 14.2. The average Bonchev–Trinajstić information content (AvgIpc) is 3.43. The van der Waals surface area contributed by atoms with Gasteiger partial charge in [0.1, 0.15) is 0 Å². The molecule has 1 aliphatic heterocycles. The van der Waals surface area contributed by atoms with E-state index in [4.69, 9.17) is 14.5 Å². The van der Waals surface area contributed by atoms with Crippen LogP contribution in [0.3, 0.4) is 0 Å². The molecule has 4 heterocycles. The molecule has 0 saturated carbocycles. The molecule has 29 heavy (non-hydrogen) atoms. The van der Waals surface area contributed by atoms with Crippen LogP contribution in [0, 0.1) is 0 Å². The van der Waals surface area contributed by atoms with Gasteiger partial charge in [0.2, 0.25) is 11.8 Å². The van der Waals surface area contributed by atoms with Crippen molar-refractivity contribution in [3.8, 4) is 11.6 Å². The van der Waals surface area contributed by atoms with Gasteiger partial charge in [-0.15, -0.1) is 5.10 Å². The van der Waals surface area contributed by atoms with E-state index in [1.165, 1.54) is 11.1 Å². The van der Waals surface area contributed by atoms with Gasteiger partial charge in [0, 0.05) is 37.9 Å². The molecule has 0 unspecified atom stereocenters. The molecule has 2 N–H and O–H groups in total. The van der Waals surface area contributed by atoms with Crippen molar-refractivity contribution in [3.63, 3.8) is 0 Å². The lowest BCUT2D eigenvalue weighted by molar-refractivity contribution is 0.246. The third-order valence-electron chi connectivity index (χ3n) is 5.18. The predicted octanol–water partition coefficient (Wildman–Crippen LogP) is 2.35. The van der Waals surface area contributed by atoms with E-state index in [9.17, 15) is 0 Å². The van der Waals surface area contributed by atoms with Crippen molar-refractivity contribution >= 4 is 11.6 Å². The molecule has 0 spiro atoms. The number of nitrogens with zero attached hydrogens (tertiary/aromatic N) is 5. The van der Waals surface area contributed by atoms with Crippen molar-refractivity contribution in [2.75, 3.05) is 25.0 Å². The highest BCUT2D eigenvalue weighted by atomic mass is 16.3. The number of rotatable bonds is 6. The number of fused-ring (bicyclic) bond motifs is 2. The van der Waals surface area contributed by atoms with Crippen LogP contribution in [0.25, 0.3) is 17.2 Å². The van der Waals surface area contributed by atoms with Crippen molar-refractivity contribution in [3.05, 3.63) is 65.5 Å². The summed E-state index contributed by atoms with van der Waals surface area (Å²) in [5, 5.41) is 16.8. The average molecular weight is 390 g/mol. The maximum atomic E-state index is 9.15. The van der Waals surface area contributed by atoms with E-state index in [1.54, 1.807) is 10.8 Å². The molecule has 148 valence electrons.